The van der Waals surface area contributed by atoms with E-state index in [1.165, 1.54) is 10.9 Å². The summed E-state index contributed by atoms with van der Waals surface area (Å²) in [6.45, 7) is 3.20. The summed E-state index contributed by atoms with van der Waals surface area (Å²) < 4.78 is 2.13. The van der Waals surface area contributed by atoms with Crippen LogP contribution in [0.4, 0.5) is 0 Å². The number of hydrogen-bond donors (Lipinski definition) is 1. The first-order chi connectivity index (χ1) is 8.66. The Balaban J connectivity index is 2.09. The van der Waals surface area contributed by atoms with Gasteiger partial charge in [0.15, 0.2) is 0 Å². The highest BCUT2D eigenvalue weighted by molar-refractivity contribution is 6.35. The Morgan fingerprint density at radius 3 is 2.94 bits per heavy atom. The Labute approximate surface area is 112 Å². The van der Waals surface area contributed by atoms with Crippen molar-refractivity contribution in [1.29, 1.82) is 0 Å². The zero-order valence-electron chi connectivity index (χ0n) is 10.8. The van der Waals surface area contributed by atoms with Gasteiger partial charge in [-0.15, -0.1) is 0 Å². The number of para-hydroxylation sites is 1. The molecule has 0 spiro atoms. The largest absolute Gasteiger partial charge is 0.349 e. The fraction of sp³-hybridized carbons (Fsp3) is 0.429. The normalized spacial score (nSPS) is 21.6. The Bertz CT molecular complexity index is 576. The Hall–Kier alpha value is -1.03. The number of benzene rings is 1. The SMILES string of the molecule is CN1CCNC(c2cn(C)c3c(Cl)cccc23)C1. The second-order valence-corrected chi connectivity index (χ2v) is 5.51. The van der Waals surface area contributed by atoms with Crippen LogP contribution in [0.15, 0.2) is 24.4 Å². The zero-order valence-corrected chi connectivity index (χ0v) is 11.5. The van der Waals surface area contributed by atoms with Crippen molar-refractivity contribution in [2.24, 2.45) is 7.05 Å². The lowest BCUT2D eigenvalue weighted by atomic mass is 10.0. The molecule has 0 radical (unpaired) electrons. The molecular weight excluding hydrogens is 246 g/mol. The number of nitrogens with zero attached hydrogens (tertiary/aromatic N) is 2. The van der Waals surface area contributed by atoms with E-state index in [1.807, 2.05) is 12.1 Å². The smallest absolute Gasteiger partial charge is 0.0670 e. The topological polar surface area (TPSA) is 20.2 Å². The molecule has 3 nitrogen and oxygen atoms in total. The Kier molecular flexibility index (Phi) is 3.06. The van der Waals surface area contributed by atoms with Crippen molar-refractivity contribution in [2.75, 3.05) is 26.7 Å². The molecular formula is C14H18ClN3. The number of halogens is 1. The summed E-state index contributed by atoms with van der Waals surface area (Å²) in [6, 6.07) is 6.53. The number of nitrogens with one attached hydrogen (secondary N) is 1. The van der Waals surface area contributed by atoms with Gasteiger partial charge in [0.1, 0.15) is 0 Å². The summed E-state index contributed by atoms with van der Waals surface area (Å²) in [4.78, 5) is 2.37. The van der Waals surface area contributed by atoms with Gasteiger partial charge < -0.3 is 14.8 Å². The van der Waals surface area contributed by atoms with Crippen LogP contribution in [0.5, 0.6) is 0 Å². The number of fused-ring (bicyclic) bond motifs is 1. The van der Waals surface area contributed by atoms with Gasteiger partial charge in [0.2, 0.25) is 0 Å². The van der Waals surface area contributed by atoms with Crippen LogP contribution in [-0.2, 0) is 7.05 Å². The highest BCUT2D eigenvalue weighted by Crippen LogP contribution is 2.31. The third-order valence-corrected chi connectivity index (χ3v) is 4.04. The second kappa shape index (κ2) is 4.57. The average molecular weight is 264 g/mol. The number of rotatable bonds is 1. The molecule has 3 rings (SSSR count). The predicted octanol–water partition coefficient (Wildman–Crippen LogP) is 2.41. The van der Waals surface area contributed by atoms with E-state index in [2.05, 4.69) is 41.1 Å². The molecule has 1 N–H and O–H groups in total. The lowest BCUT2D eigenvalue weighted by molar-refractivity contribution is 0.241. The van der Waals surface area contributed by atoms with Crippen LogP contribution < -0.4 is 5.32 Å². The minimum atomic E-state index is 0.394. The minimum Gasteiger partial charge on any atom is -0.349 e. The van der Waals surface area contributed by atoms with Gasteiger partial charge >= 0.3 is 0 Å². The number of piperazine rings is 1. The molecule has 1 aliphatic rings. The van der Waals surface area contributed by atoms with E-state index in [1.54, 1.807) is 0 Å². The summed E-state index contributed by atoms with van der Waals surface area (Å²) >= 11 is 6.29. The van der Waals surface area contributed by atoms with Gasteiger partial charge in [-0.3, -0.25) is 0 Å². The fourth-order valence-electron chi connectivity index (χ4n) is 2.83. The summed E-state index contributed by atoms with van der Waals surface area (Å²) in [7, 11) is 4.23. The first kappa shape index (κ1) is 12.0. The van der Waals surface area contributed by atoms with Crippen molar-refractivity contribution >= 4 is 22.5 Å². The molecule has 2 heterocycles. The van der Waals surface area contributed by atoms with Crippen molar-refractivity contribution in [3.8, 4) is 0 Å². The van der Waals surface area contributed by atoms with Crippen molar-refractivity contribution in [2.45, 2.75) is 6.04 Å². The summed E-state index contributed by atoms with van der Waals surface area (Å²) in [5, 5.41) is 5.68. The number of hydrogen-bond acceptors (Lipinski definition) is 2. The maximum absolute atomic E-state index is 6.29. The van der Waals surface area contributed by atoms with Gasteiger partial charge in [-0.05, 0) is 18.7 Å². The molecule has 1 saturated heterocycles. The van der Waals surface area contributed by atoms with E-state index in [0.29, 0.717) is 6.04 Å². The van der Waals surface area contributed by atoms with Gasteiger partial charge in [0.05, 0.1) is 10.5 Å². The van der Waals surface area contributed by atoms with Gasteiger partial charge in [0, 0.05) is 44.3 Å². The van der Waals surface area contributed by atoms with Gasteiger partial charge in [-0.1, -0.05) is 23.7 Å². The van der Waals surface area contributed by atoms with Gasteiger partial charge in [-0.25, -0.2) is 0 Å². The van der Waals surface area contributed by atoms with Crippen molar-refractivity contribution in [3.63, 3.8) is 0 Å². The highest BCUT2D eigenvalue weighted by atomic mass is 35.5. The van der Waals surface area contributed by atoms with E-state index >= 15 is 0 Å². The first-order valence-corrected chi connectivity index (χ1v) is 6.70. The molecule has 1 unspecified atom stereocenters. The Morgan fingerprint density at radius 2 is 2.17 bits per heavy atom. The zero-order chi connectivity index (χ0) is 12.7. The third-order valence-electron chi connectivity index (χ3n) is 3.74. The lowest BCUT2D eigenvalue weighted by Crippen LogP contribution is -2.43. The van der Waals surface area contributed by atoms with E-state index in [9.17, 15) is 0 Å². The van der Waals surface area contributed by atoms with Crippen LogP contribution in [0.1, 0.15) is 11.6 Å². The first-order valence-electron chi connectivity index (χ1n) is 6.32. The van der Waals surface area contributed by atoms with Crippen molar-refractivity contribution in [3.05, 3.63) is 35.0 Å². The minimum absolute atomic E-state index is 0.394. The van der Waals surface area contributed by atoms with E-state index in [4.69, 9.17) is 11.6 Å². The number of likely N-dealkylation sites (N-methyl/N-ethyl adjacent to an activating group) is 1. The molecule has 0 aliphatic carbocycles. The van der Waals surface area contributed by atoms with Crippen LogP contribution in [0.3, 0.4) is 0 Å². The molecule has 18 heavy (non-hydrogen) atoms. The van der Waals surface area contributed by atoms with Crippen molar-refractivity contribution < 1.29 is 0 Å². The number of aryl methyl sites for hydroxylation is 1. The fourth-order valence-corrected chi connectivity index (χ4v) is 3.14. The van der Waals surface area contributed by atoms with E-state index < -0.39 is 0 Å². The summed E-state index contributed by atoms with van der Waals surface area (Å²) in [5.41, 5.74) is 2.48. The molecule has 2 aromatic rings. The van der Waals surface area contributed by atoms with Crippen LogP contribution in [0, 0.1) is 0 Å². The number of aromatic nitrogens is 1. The molecule has 1 fully saturated rings. The molecule has 1 aromatic heterocycles. The summed E-state index contributed by atoms with van der Waals surface area (Å²) in [5.74, 6) is 0. The Morgan fingerprint density at radius 1 is 1.33 bits per heavy atom. The van der Waals surface area contributed by atoms with E-state index in [0.717, 1.165) is 30.2 Å². The monoisotopic (exact) mass is 263 g/mol. The van der Waals surface area contributed by atoms with Gasteiger partial charge in [0.25, 0.3) is 0 Å². The van der Waals surface area contributed by atoms with Crippen LogP contribution in [0.25, 0.3) is 10.9 Å². The average Bonchev–Trinajstić information content (AvgIpc) is 2.68. The molecule has 0 amide bonds. The quantitative estimate of drug-likeness (QED) is 0.853. The highest BCUT2D eigenvalue weighted by Gasteiger charge is 2.22. The second-order valence-electron chi connectivity index (χ2n) is 5.10. The maximum Gasteiger partial charge on any atom is 0.0670 e. The van der Waals surface area contributed by atoms with Crippen LogP contribution in [0.2, 0.25) is 5.02 Å². The summed E-state index contributed by atoms with van der Waals surface area (Å²) in [6.07, 6.45) is 2.20. The van der Waals surface area contributed by atoms with Gasteiger partial charge in [-0.2, -0.15) is 0 Å². The maximum atomic E-state index is 6.29. The third kappa shape index (κ3) is 1.92. The van der Waals surface area contributed by atoms with Crippen molar-refractivity contribution in [1.82, 2.24) is 14.8 Å². The molecule has 96 valence electrons. The van der Waals surface area contributed by atoms with Crippen LogP contribution in [-0.4, -0.2) is 36.1 Å². The molecule has 1 aliphatic heterocycles. The van der Waals surface area contributed by atoms with Crippen LogP contribution >= 0.6 is 11.6 Å². The molecule has 0 saturated carbocycles. The molecule has 1 atom stereocenters. The predicted molar refractivity (Wildman–Crippen MR) is 76.2 cm³/mol. The standard InChI is InChI=1S/C14H18ClN3/c1-17-7-6-16-13(9-17)11-8-18(2)14-10(11)4-3-5-12(14)15/h3-5,8,13,16H,6-7,9H2,1-2H3. The molecule has 1 aromatic carbocycles. The molecule has 0 bridgehead atoms. The lowest BCUT2D eigenvalue weighted by Gasteiger charge is -2.30. The molecule has 4 heteroatoms. The van der Waals surface area contributed by atoms with E-state index in [-0.39, 0.29) is 0 Å².